The Balaban J connectivity index is 2.61. The van der Waals surface area contributed by atoms with Gasteiger partial charge in [0.2, 0.25) is 0 Å². The minimum absolute atomic E-state index is 0.280. The number of nitrogens with one attached hydrogen (secondary N) is 1. The predicted molar refractivity (Wildman–Crippen MR) is 57.2 cm³/mol. The molecule has 0 bridgehead atoms. The van der Waals surface area contributed by atoms with E-state index in [0.717, 1.165) is 12.8 Å². The van der Waals surface area contributed by atoms with E-state index in [2.05, 4.69) is 23.7 Å². The number of thiophene rings is 1. The van der Waals surface area contributed by atoms with Gasteiger partial charge in [-0.2, -0.15) is 0 Å². The van der Waals surface area contributed by atoms with Crippen LogP contribution in [0.2, 0.25) is 0 Å². The molecular formula is C10H17NOS. The van der Waals surface area contributed by atoms with Crippen LogP contribution < -0.4 is 5.32 Å². The molecule has 13 heavy (non-hydrogen) atoms. The van der Waals surface area contributed by atoms with Gasteiger partial charge in [0.05, 0.1) is 0 Å². The zero-order chi connectivity index (χ0) is 9.68. The van der Waals surface area contributed by atoms with Gasteiger partial charge in [-0.05, 0) is 43.8 Å². The van der Waals surface area contributed by atoms with Crippen molar-refractivity contribution in [3.63, 3.8) is 0 Å². The fraction of sp³-hybridized carbons (Fsp3) is 0.600. The number of rotatable bonds is 5. The molecule has 0 spiro atoms. The summed E-state index contributed by atoms with van der Waals surface area (Å²) in [6.07, 6.45) is 1.87. The number of aryl methyl sites for hydroxylation is 1. The first-order valence-electron chi connectivity index (χ1n) is 4.61. The first kappa shape index (κ1) is 10.7. The second-order valence-corrected chi connectivity index (χ2v) is 4.12. The molecule has 3 heteroatoms. The molecule has 1 atom stereocenters. The van der Waals surface area contributed by atoms with E-state index in [4.69, 9.17) is 5.11 Å². The van der Waals surface area contributed by atoms with Crippen LogP contribution in [0.5, 0.6) is 0 Å². The van der Waals surface area contributed by atoms with Crippen molar-refractivity contribution in [2.75, 3.05) is 13.7 Å². The topological polar surface area (TPSA) is 32.3 Å². The summed E-state index contributed by atoms with van der Waals surface area (Å²) in [5.41, 5.74) is 1.35. The van der Waals surface area contributed by atoms with E-state index in [9.17, 15) is 0 Å². The first-order chi connectivity index (χ1) is 6.29. The highest BCUT2D eigenvalue weighted by Gasteiger charge is 2.11. The maximum atomic E-state index is 8.75. The van der Waals surface area contributed by atoms with Gasteiger partial charge < -0.3 is 10.4 Å². The highest BCUT2D eigenvalue weighted by atomic mass is 32.1. The minimum atomic E-state index is 0.280. The third-order valence-electron chi connectivity index (χ3n) is 2.22. The molecule has 1 rings (SSSR count). The Bertz CT molecular complexity index is 247. The van der Waals surface area contributed by atoms with Crippen LogP contribution in [0.1, 0.15) is 29.3 Å². The predicted octanol–water partition coefficient (Wildman–Crippen LogP) is 2.09. The molecule has 1 aromatic rings. The summed E-state index contributed by atoms with van der Waals surface area (Å²) >= 11 is 1.79. The van der Waals surface area contributed by atoms with Crippen LogP contribution in [0.4, 0.5) is 0 Å². The fourth-order valence-electron chi connectivity index (χ4n) is 1.44. The Kier molecular flexibility index (Phi) is 4.42. The van der Waals surface area contributed by atoms with E-state index in [1.165, 1.54) is 10.4 Å². The van der Waals surface area contributed by atoms with Gasteiger partial charge in [0, 0.05) is 17.5 Å². The van der Waals surface area contributed by atoms with Crippen LogP contribution >= 0.6 is 11.3 Å². The third-order valence-corrected chi connectivity index (χ3v) is 3.35. The van der Waals surface area contributed by atoms with E-state index < -0.39 is 0 Å². The van der Waals surface area contributed by atoms with Gasteiger partial charge in [0.15, 0.2) is 0 Å². The Labute approximate surface area is 83.6 Å². The van der Waals surface area contributed by atoms with Crippen LogP contribution in [0, 0.1) is 6.92 Å². The lowest BCUT2D eigenvalue weighted by Crippen LogP contribution is -2.16. The van der Waals surface area contributed by atoms with Crippen molar-refractivity contribution in [2.24, 2.45) is 0 Å². The molecular weight excluding hydrogens is 182 g/mol. The lowest BCUT2D eigenvalue weighted by atomic mass is 10.1. The van der Waals surface area contributed by atoms with Crippen LogP contribution in [-0.4, -0.2) is 18.8 Å². The SMILES string of the molecule is CNC(CCCO)c1sccc1C. The van der Waals surface area contributed by atoms with Gasteiger partial charge >= 0.3 is 0 Å². The van der Waals surface area contributed by atoms with Crippen molar-refractivity contribution in [1.29, 1.82) is 0 Å². The maximum absolute atomic E-state index is 8.75. The van der Waals surface area contributed by atoms with Crippen molar-refractivity contribution >= 4 is 11.3 Å². The minimum Gasteiger partial charge on any atom is -0.396 e. The fourth-order valence-corrected chi connectivity index (χ4v) is 2.52. The Morgan fingerprint density at radius 3 is 2.85 bits per heavy atom. The van der Waals surface area contributed by atoms with Crippen molar-refractivity contribution in [3.8, 4) is 0 Å². The molecule has 1 heterocycles. The number of hydrogen-bond donors (Lipinski definition) is 2. The highest BCUT2D eigenvalue weighted by Crippen LogP contribution is 2.26. The molecule has 1 aromatic heterocycles. The number of aliphatic hydroxyl groups is 1. The van der Waals surface area contributed by atoms with Crippen molar-refractivity contribution < 1.29 is 5.11 Å². The average molecular weight is 199 g/mol. The molecule has 0 saturated heterocycles. The molecule has 0 radical (unpaired) electrons. The summed E-state index contributed by atoms with van der Waals surface area (Å²) < 4.78 is 0. The average Bonchev–Trinajstić information content (AvgIpc) is 2.54. The number of aliphatic hydroxyl groups excluding tert-OH is 1. The molecule has 0 aliphatic rings. The molecule has 1 unspecified atom stereocenters. The molecule has 0 amide bonds. The molecule has 0 aliphatic carbocycles. The smallest absolute Gasteiger partial charge is 0.0431 e. The van der Waals surface area contributed by atoms with Crippen LogP contribution in [0.3, 0.4) is 0 Å². The quantitative estimate of drug-likeness (QED) is 0.761. The normalized spacial score (nSPS) is 13.2. The maximum Gasteiger partial charge on any atom is 0.0431 e. The van der Waals surface area contributed by atoms with Crippen LogP contribution in [0.15, 0.2) is 11.4 Å². The summed E-state index contributed by atoms with van der Waals surface area (Å²) in [4.78, 5) is 1.40. The second-order valence-electron chi connectivity index (χ2n) is 3.17. The lowest BCUT2D eigenvalue weighted by Gasteiger charge is -2.14. The van der Waals surface area contributed by atoms with Gasteiger partial charge in [0.1, 0.15) is 0 Å². The first-order valence-corrected chi connectivity index (χ1v) is 5.49. The molecule has 0 aromatic carbocycles. The molecule has 0 aliphatic heterocycles. The summed E-state index contributed by atoms with van der Waals surface area (Å²) in [5, 5.41) is 14.2. The Hall–Kier alpha value is -0.380. The zero-order valence-electron chi connectivity index (χ0n) is 8.21. The van der Waals surface area contributed by atoms with Gasteiger partial charge in [0.25, 0.3) is 0 Å². The second kappa shape index (κ2) is 5.37. The van der Waals surface area contributed by atoms with E-state index in [0.29, 0.717) is 6.04 Å². The summed E-state index contributed by atoms with van der Waals surface area (Å²) in [7, 11) is 1.97. The Morgan fingerprint density at radius 2 is 2.38 bits per heavy atom. The van der Waals surface area contributed by atoms with Gasteiger partial charge in [-0.3, -0.25) is 0 Å². The van der Waals surface area contributed by atoms with E-state index in [1.54, 1.807) is 11.3 Å². The molecule has 2 N–H and O–H groups in total. The van der Waals surface area contributed by atoms with Gasteiger partial charge in [-0.15, -0.1) is 11.3 Å². The highest BCUT2D eigenvalue weighted by molar-refractivity contribution is 7.10. The number of hydrogen-bond acceptors (Lipinski definition) is 3. The molecule has 2 nitrogen and oxygen atoms in total. The van der Waals surface area contributed by atoms with E-state index in [1.807, 2.05) is 7.05 Å². The van der Waals surface area contributed by atoms with Crippen LogP contribution in [0.25, 0.3) is 0 Å². The Morgan fingerprint density at radius 1 is 1.62 bits per heavy atom. The third kappa shape index (κ3) is 2.79. The largest absolute Gasteiger partial charge is 0.396 e. The van der Waals surface area contributed by atoms with Gasteiger partial charge in [-0.1, -0.05) is 0 Å². The van der Waals surface area contributed by atoms with Crippen LogP contribution in [-0.2, 0) is 0 Å². The summed E-state index contributed by atoms with van der Waals surface area (Å²) in [5.74, 6) is 0. The molecule has 0 fully saturated rings. The zero-order valence-corrected chi connectivity index (χ0v) is 9.03. The van der Waals surface area contributed by atoms with Gasteiger partial charge in [-0.25, -0.2) is 0 Å². The summed E-state index contributed by atoms with van der Waals surface area (Å²) in [6.45, 7) is 2.41. The molecule has 74 valence electrons. The standard InChI is InChI=1S/C10H17NOS/c1-8-5-7-13-10(8)9(11-2)4-3-6-12/h5,7,9,11-12H,3-4,6H2,1-2H3. The van der Waals surface area contributed by atoms with Crippen molar-refractivity contribution in [1.82, 2.24) is 5.32 Å². The summed E-state index contributed by atoms with van der Waals surface area (Å²) in [6, 6.07) is 2.55. The van der Waals surface area contributed by atoms with E-state index >= 15 is 0 Å². The van der Waals surface area contributed by atoms with E-state index in [-0.39, 0.29) is 6.61 Å². The van der Waals surface area contributed by atoms with Crippen molar-refractivity contribution in [2.45, 2.75) is 25.8 Å². The lowest BCUT2D eigenvalue weighted by molar-refractivity contribution is 0.277. The van der Waals surface area contributed by atoms with Crippen molar-refractivity contribution in [3.05, 3.63) is 21.9 Å². The molecule has 0 saturated carbocycles. The monoisotopic (exact) mass is 199 g/mol.